The molecular formula is C10H12O2S. The Labute approximate surface area is 83.3 Å². The Hall–Kier alpha value is -0.960. The first-order valence-corrected chi connectivity index (χ1v) is 4.54. The third kappa shape index (κ3) is 3.99. The first-order valence-electron chi connectivity index (χ1n) is 4.10. The van der Waals surface area contributed by atoms with E-state index in [1.54, 1.807) is 0 Å². The van der Waals surface area contributed by atoms with E-state index in [0.29, 0.717) is 6.61 Å². The maximum absolute atomic E-state index is 10.5. The molecule has 0 aliphatic rings. The molecule has 1 aromatic rings. The minimum atomic E-state index is -0.231. The average Bonchev–Trinajstić information content (AvgIpc) is 2.08. The molecular weight excluding hydrogens is 184 g/mol. The molecule has 0 N–H and O–H groups in total. The predicted molar refractivity (Wildman–Crippen MR) is 54.0 cm³/mol. The van der Waals surface area contributed by atoms with Crippen molar-refractivity contribution < 1.29 is 9.53 Å². The first-order chi connectivity index (χ1) is 6.18. The summed E-state index contributed by atoms with van der Waals surface area (Å²) in [4.78, 5) is 11.4. The third-order valence-electron chi connectivity index (χ3n) is 1.63. The van der Waals surface area contributed by atoms with E-state index in [1.807, 2.05) is 24.3 Å². The number of thiol groups is 1. The fraction of sp³-hybridized carbons (Fsp3) is 0.300. The van der Waals surface area contributed by atoms with Crippen LogP contribution in [-0.2, 0) is 16.0 Å². The molecule has 3 heteroatoms. The van der Waals surface area contributed by atoms with Crippen molar-refractivity contribution in [3.8, 4) is 0 Å². The van der Waals surface area contributed by atoms with Crippen molar-refractivity contribution in [1.29, 1.82) is 0 Å². The van der Waals surface area contributed by atoms with Gasteiger partial charge in [0.15, 0.2) is 0 Å². The maximum atomic E-state index is 10.5. The largest absolute Gasteiger partial charge is 0.466 e. The van der Waals surface area contributed by atoms with E-state index in [9.17, 15) is 4.79 Å². The van der Waals surface area contributed by atoms with E-state index in [4.69, 9.17) is 4.74 Å². The highest BCUT2D eigenvalue weighted by Crippen LogP contribution is 2.08. The van der Waals surface area contributed by atoms with Crippen molar-refractivity contribution in [2.24, 2.45) is 0 Å². The minimum absolute atomic E-state index is 0.231. The van der Waals surface area contributed by atoms with Gasteiger partial charge < -0.3 is 4.74 Å². The molecule has 0 aliphatic carbocycles. The van der Waals surface area contributed by atoms with E-state index in [1.165, 1.54) is 6.92 Å². The molecule has 0 saturated heterocycles. The van der Waals surface area contributed by atoms with Crippen LogP contribution >= 0.6 is 12.6 Å². The molecule has 0 spiro atoms. The number of benzene rings is 1. The lowest BCUT2D eigenvalue weighted by atomic mass is 10.2. The maximum Gasteiger partial charge on any atom is 0.302 e. The molecule has 0 radical (unpaired) electrons. The van der Waals surface area contributed by atoms with Crippen LogP contribution in [0.4, 0.5) is 0 Å². The van der Waals surface area contributed by atoms with Crippen molar-refractivity contribution in [3.63, 3.8) is 0 Å². The van der Waals surface area contributed by atoms with E-state index < -0.39 is 0 Å². The Balaban J connectivity index is 2.37. The van der Waals surface area contributed by atoms with Gasteiger partial charge in [-0.05, 0) is 17.7 Å². The second-order valence-electron chi connectivity index (χ2n) is 2.76. The molecule has 0 bridgehead atoms. The Kier molecular flexibility index (Phi) is 3.83. The zero-order chi connectivity index (χ0) is 9.68. The van der Waals surface area contributed by atoms with Crippen molar-refractivity contribution in [3.05, 3.63) is 29.8 Å². The fourth-order valence-corrected chi connectivity index (χ4v) is 1.12. The van der Waals surface area contributed by atoms with Crippen LogP contribution in [0.5, 0.6) is 0 Å². The summed E-state index contributed by atoms with van der Waals surface area (Å²) in [5.74, 6) is -0.231. The van der Waals surface area contributed by atoms with Crippen LogP contribution < -0.4 is 0 Å². The number of hydrogen-bond donors (Lipinski definition) is 1. The van der Waals surface area contributed by atoms with Crippen LogP contribution in [-0.4, -0.2) is 12.6 Å². The van der Waals surface area contributed by atoms with E-state index in [2.05, 4.69) is 12.6 Å². The lowest BCUT2D eigenvalue weighted by molar-refractivity contribution is -0.140. The highest BCUT2D eigenvalue weighted by molar-refractivity contribution is 7.80. The van der Waals surface area contributed by atoms with Gasteiger partial charge >= 0.3 is 5.97 Å². The smallest absolute Gasteiger partial charge is 0.302 e. The molecule has 0 atom stereocenters. The normalized spacial score (nSPS) is 9.69. The van der Waals surface area contributed by atoms with Gasteiger partial charge in [-0.1, -0.05) is 12.1 Å². The molecule has 0 aliphatic heterocycles. The Morgan fingerprint density at radius 1 is 1.38 bits per heavy atom. The van der Waals surface area contributed by atoms with Gasteiger partial charge in [0.05, 0.1) is 6.61 Å². The van der Waals surface area contributed by atoms with Crippen molar-refractivity contribution >= 4 is 18.6 Å². The molecule has 2 nitrogen and oxygen atoms in total. The van der Waals surface area contributed by atoms with Crippen LogP contribution in [0.25, 0.3) is 0 Å². The van der Waals surface area contributed by atoms with Gasteiger partial charge in [0.25, 0.3) is 0 Å². The molecule has 1 rings (SSSR count). The Morgan fingerprint density at radius 2 is 2.00 bits per heavy atom. The number of carbonyl (C=O) groups excluding carboxylic acids is 1. The van der Waals surface area contributed by atoms with E-state index in [0.717, 1.165) is 16.9 Å². The second-order valence-corrected chi connectivity index (χ2v) is 3.27. The number of hydrogen-bond acceptors (Lipinski definition) is 3. The van der Waals surface area contributed by atoms with Gasteiger partial charge in [-0.25, -0.2) is 0 Å². The number of esters is 1. The lowest BCUT2D eigenvalue weighted by Crippen LogP contribution is -2.02. The molecule has 0 saturated carbocycles. The van der Waals surface area contributed by atoms with Crippen LogP contribution in [0.15, 0.2) is 29.2 Å². The monoisotopic (exact) mass is 196 g/mol. The molecule has 70 valence electrons. The van der Waals surface area contributed by atoms with Gasteiger partial charge in [-0.3, -0.25) is 4.79 Å². The number of rotatable bonds is 3. The standard InChI is InChI=1S/C10H12O2S/c1-8(11)12-7-6-9-2-4-10(13)5-3-9/h2-5,13H,6-7H2,1H3. The summed E-state index contributed by atoms with van der Waals surface area (Å²) >= 11 is 4.17. The summed E-state index contributed by atoms with van der Waals surface area (Å²) in [7, 11) is 0. The Bertz CT molecular complexity index is 279. The molecule has 0 unspecified atom stereocenters. The van der Waals surface area contributed by atoms with Gasteiger partial charge in [-0.15, -0.1) is 12.6 Å². The fourth-order valence-electron chi connectivity index (χ4n) is 0.975. The quantitative estimate of drug-likeness (QED) is 0.591. The zero-order valence-corrected chi connectivity index (χ0v) is 8.38. The molecule has 0 amide bonds. The lowest BCUT2D eigenvalue weighted by Gasteiger charge is -2.01. The number of ether oxygens (including phenoxy) is 1. The van der Waals surface area contributed by atoms with Crippen LogP contribution in [0.1, 0.15) is 12.5 Å². The van der Waals surface area contributed by atoms with Gasteiger partial charge in [0.1, 0.15) is 0 Å². The summed E-state index contributed by atoms with van der Waals surface area (Å²) in [6.07, 6.45) is 0.758. The van der Waals surface area contributed by atoms with Gasteiger partial charge in [-0.2, -0.15) is 0 Å². The van der Waals surface area contributed by atoms with Crippen LogP contribution in [0, 0.1) is 0 Å². The summed E-state index contributed by atoms with van der Waals surface area (Å²) in [6.45, 7) is 1.86. The average molecular weight is 196 g/mol. The van der Waals surface area contributed by atoms with Crippen molar-refractivity contribution in [1.82, 2.24) is 0 Å². The summed E-state index contributed by atoms with van der Waals surface area (Å²) in [6, 6.07) is 7.80. The van der Waals surface area contributed by atoms with E-state index in [-0.39, 0.29) is 5.97 Å². The summed E-state index contributed by atoms with van der Waals surface area (Å²) < 4.78 is 4.82. The SMILES string of the molecule is CC(=O)OCCc1ccc(S)cc1. The molecule has 0 heterocycles. The number of carbonyl (C=O) groups is 1. The molecule has 0 fully saturated rings. The van der Waals surface area contributed by atoms with Gasteiger partial charge in [0, 0.05) is 18.2 Å². The van der Waals surface area contributed by atoms with Crippen molar-refractivity contribution in [2.45, 2.75) is 18.2 Å². The minimum Gasteiger partial charge on any atom is -0.466 e. The first kappa shape index (κ1) is 10.1. The highest BCUT2D eigenvalue weighted by atomic mass is 32.1. The van der Waals surface area contributed by atoms with Crippen molar-refractivity contribution in [2.75, 3.05) is 6.61 Å². The van der Waals surface area contributed by atoms with Crippen LogP contribution in [0.3, 0.4) is 0 Å². The highest BCUT2D eigenvalue weighted by Gasteiger charge is 1.95. The molecule has 13 heavy (non-hydrogen) atoms. The van der Waals surface area contributed by atoms with Gasteiger partial charge in [0.2, 0.25) is 0 Å². The summed E-state index contributed by atoms with van der Waals surface area (Å²) in [5, 5.41) is 0. The van der Waals surface area contributed by atoms with Crippen LogP contribution in [0.2, 0.25) is 0 Å². The second kappa shape index (κ2) is 4.92. The molecule has 1 aromatic carbocycles. The molecule has 0 aromatic heterocycles. The predicted octanol–water partition coefficient (Wildman–Crippen LogP) is 2.08. The topological polar surface area (TPSA) is 26.3 Å². The summed E-state index contributed by atoms with van der Waals surface area (Å²) in [5.41, 5.74) is 1.15. The van der Waals surface area contributed by atoms with E-state index >= 15 is 0 Å². The third-order valence-corrected chi connectivity index (χ3v) is 1.93. The Morgan fingerprint density at radius 3 is 2.54 bits per heavy atom. The zero-order valence-electron chi connectivity index (χ0n) is 7.49.